The van der Waals surface area contributed by atoms with E-state index in [1.165, 1.54) is 16.0 Å². The molecule has 0 saturated carbocycles. The van der Waals surface area contributed by atoms with Gasteiger partial charge in [0.2, 0.25) is 5.91 Å². The van der Waals surface area contributed by atoms with Gasteiger partial charge in [-0.05, 0) is 58.7 Å². The van der Waals surface area contributed by atoms with Gasteiger partial charge in [0.15, 0.2) is 5.96 Å². The molecule has 3 rings (SSSR count). The Balaban J connectivity index is 1.52. The van der Waals surface area contributed by atoms with Crippen LogP contribution in [-0.2, 0) is 17.8 Å². The van der Waals surface area contributed by atoms with Gasteiger partial charge in [0.1, 0.15) is 6.54 Å². The number of hydrogen-bond acceptors (Lipinski definition) is 4. The zero-order valence-corrected chi connectivity index (χ0v) is 17.0. The second-order valence-corrected chi connectivity index (χ2v) is 8.25. The minimum Gasteiger partial charge on any atom is -0.357 e. The van der Waals surface area contributed by atoms with Crippen LogP contribution in [0.1, 0.15) is 35.8 Å². The van der Waals surface area contributed by atoms with Crippen LogP contribution >= 0.6 is 22.7 Å². The van der Waals surface area contributed by atoms with Gasteiger partial charge >= 0.3 is 0 Å². The van der Waals surface area contributed by atoms with Crippen LogP contribution < -0.4 is 10.6 Å². The van der Waals surface area contributed by atoms with E-state index in [-0.39, 0.29) is 12.5 Å². The SMILES string of the molecule is CCNC(=NCC(=O)N1CCc2sccc2C1)NCC(C)c1ccsc1. The van der Waals surface area contributed by atoms with Gasteiger partial charge in [-0.2, -0.15) is 11.3 Å². The van der Waals surface area contributed by atoms with E-state index in [1.807, 2.05) is 11.8 Å². The summed E-state index contributed by atoms with van der Waals surface area (Å²) < 4.78 is 0. The van der Waals surface area contributed by atoms with Crippen molar-refractivity contribution in [2.24, 2.45) is 4.99 Å². The van der Waals surface area contributed by atoms with Gasteiger partial charge in [0, 0.05) is 31.1 Å². The third kappa shape index (κ3) is 4.86. The maximum absolute atomic E-state index is 12.5. The lowest BCUT2D eigenvalue weighted by Crippen LogP contribution is -2.41. The smallest absolute Gasteiger partial charge is 0.244 e. The van der Waals surface area contributed by atoms with Gasteiger partial charge in [-0.1, -0.05) is 6.92 Å². The van der Waals surface area contributed by atoms with Gasteiger partial charge in [-0.15, -0.1) is 11.3 Å². The summed E-state index contributed by atoms with van der Waals surface area (Å²) >= 11 is 3.50. The Morgan fingerprint density at radius 1 is 1.35 bits per heavy atom. The quantitative estimate of drug-likeness (QED) is 0.589. The van der Waals surface area contributed by atoms with E-state index in [0.29, 0.717) is 18.4 Å². The number of fused-ring (bicyclic) bond motifs is 1. The minimum absolute atomic E-state index is 0.0879. The second-order valence-electron chi connectivity index (χ2n) is 6.47. The summed E-state index contributed by atoms with van der Waals surface area (Å²) in [6.45, 7) is 7.47. The number of guanidine groups is 1. The highest BCUT2D eigenvalue weighted by molar-refractivity contribution is 7.10. The lowest BCUT2D eigenvalue weighted by molar-refractivity contribution is -0.130. The molecular weight excluding hydrogens is 364 g/mol. The van der Waals surface area contributed by atoms with Crippen LogP contribution in [0.2, 0.25) is 0 Å². The van der Waals surface area contributed by atoms with Crippen molar-refractivity contribution in [3.8, 4) is 0 Å². The summed E-state index contributed by atoms with van der Waals surface area (Å²) in [5.74, 6) is 1.20. The molecule has 0 bridgehead atoms. The average Bonchev–Trinajstić information content (AvgIpc) is 3.34. The van der Waals surface area contributed by atoms with Crippen LogP contribution in [0.15, 0.2) is 33.3 Å². The third-order valence-corrected chi connectivity index (χ3v) is 6.29. The van der Waals surface area contributed by atoms with E-state index >= 15 is 0 Å². The lowest BCUT2D eigenvalue weighted by atomic mass is 10.1. The molecule has 1 amide bonds. The molecule has 0 radical (unpaired) electrons. The predicted molar refractivity (Wildman–Crippen MR) is 110 cm³/mol. The summed E-state index contributed by atoms with van der Waals surface area (Å²) in [4.78, 5) is 20.4. The largest absolute Gasteiger partial charge is 0.357 e. The van der Waals surface area contributed by atoms with E-state index < -0.39 is 0 Å². The van der Waals surface area contributed by atoms with Crippen molar-refractivity contribution in [2.75, 3.05) is 26.2 Å². The Morgan fingerprint density at radius 3 is 3.00 bits per heavy atom. The molecule has 26 heavy (non-hydrogen) atoms. The Labute approximate surface area is 163 Å². The fourth-order valence-electron chi connectivity index (χ4n) is 2.97. The summed E-state index contributed by atoms with van der Waals surface area (Å²) in [5.41, 5.74) is 2.61. The second kappa shape index (κ2) is 9.19. The number of nitrogens with zero attached hydrogens (tertiary/aromatic N) is 2. The Kier molecular flexibility index (Phi) is 6.68. The van der Waals surface area contributed by atoms with Crippen LogP contribution in [0.5, 0.6) is 0 Å². The molecule has 1 unspecified atom stereocenters. The van der Waals surface area contributed by atoms with E-state index in [1.54, 1.807) is 22.7 Å². The molecule has 2 aromatic heterocycles. The molecule has 2 aromatic rings. The van der Waals surface area contributed by atoms with E-state index in [4.69, 9.17) is 0 Å². The molecule has 1 aliphatic rings. The molecular formula is C19H26N4OS2. The molecule has 0 saturated heterocycles. The van der Waals surface area contributed by atoms with Crippen molar-refractivity contribution < 1.29 is 4.79 Å². The first-order valence-corrected chi connectivity index (χ1v) is 10.9. The van der Waals surface area contributed by atoms with Gasteiger partial charge < -0.3 is 15.5 Å². The Bertz CT molecular complexity index is 739. The van der Waals surface area contributed by atoms with Crippen molar-refractivity contribution in [1.82, 2.24) is 15.5 Å². The zero-order valence-electron chi connectivity index (χ0n) is 15.3. The molecule has 7 heteroatoms. The fourth-order valence-corrected chi connectivity index (χ4v) is 4.64. The molecule has 1 atom stereocenters. The molecule has 5 nitrogen and oxygen atoms in total. The van der Waals surface area contributed by atoms with Gasteiger partial charge in [-0.25, -0.2) is 4.99 Å². The molecule has 0 fully saturated rings. The average molecular weight is 391 g/mol. The number of thiophene rings is 2. The molecule has 3 heterocycles. The van der Waals surface area contributed by atoms with Crippen molar-refractivity contribution in [2.45, 2.75) is 32.7 Å². The van der Waals surface area contributed by atoms with Crippen molar-refractivity contribution in [1.29, 1.82) is 0 Å². The van der Waals surface area contributed by atoms with Crippen LogP contribution in [0, 0.1) is 0 Å². The normalized spacial score (nSPS) is 15.5. The first-order chi connectivity index (χ1) is 12.7. The lowest BCUT2D eigenvalue weighted by Gasteiger charge is -2.26. The number of hydrogen-bond donors (Lipinski definition) is 2. The molecule has 0 aromatic carbocycles. The monoisotopic (exact) mass is 390 g/mol. The van der Waals surface area contributed by atoms with Gasteiger partial charge in [-0.3, -0.25) is 4.79 Å². The number of aliphatic imine (C=N–C) groups is 1. The van der Waals surface area contributed by atoms with E-state index in [0.717, 1.165) is 26.1 Å². The standard InChI is InChI=1S/C19H26N4OS2/c1-3-20-19(21-10-14(2)16-5-8-25-13-16)22-11-18(24)23-7-4-17-15(12-23)6-9-26-17/h5-6,8-9,13-14H,3-4,7,10-12H2,1-2H3,(H2,20,21,22). The Hall–Kier alpha value is -1.86. The van der Waals surface area contributed by atoms with Gasteiger partial charge in [0.05, 0.1) is 0 Å². The highest BCUT2D eigenvalue weighted by Gasteiger charge is 2.21. The van der Waals surface area contributed by atoms with Crippen LogP contribution in [0.3, 0.4) is 0 Å². The first-order valence-electron chi connectivity index (χ1n) is 9.04. The number of carbonyl (C=O) groups excluding carboxylic acids is 1. The van der Waals surface area contributed by atoms with E-state index in [9.17, 15) is 4.79 Å². The summed E-state index contributed by atoms with van der Waals surface area (Å²) in [7, 11) is 0. The number of amides is 1. The van der Waals surface area contributed by atoms with Crippen LogP contribution in [0.4, 0.5) is 0 Å². The summed E-state index contributed by atoms with van der Waals surface area (Å²) in [6, 6.07) is 4.28. The molecule has 0 aliphatic carbocycles. The van der Waals surface area contributed by atoms with Gasteiger partial charge in [0.25, 0.3) is 0 Å². The number of nitrogens with one attached hydrogen (secondary N) is 2. The van der Waals surface area contributed by atoms with E-state index in [2.05, 4.69) is 50.8 Å². The maximum Gasteiger partial charge on any atom is 0.244 e. The molecule has 2 N–H and O–H groups in total. The van der Waals surface area contributed by atoms with Crippen LogP contribution in [0.25, 0.3) is 0 Å². The molecule has 0 spiro atoms. The predicted octanol–water partition coefficient (Wildman–Crippen LogP) is 3.05. The van der Waals surface area contributed by atoms with Crippen molar-refractivity contribution in [3.63, 3.8) is 0 Å². The van der Waals surface area contributed by atoms with Crippen molar-refractivity contribution in [3.05, 3.63) is 44.3 Å². The third-order valence-electron chi connectivity index (χ3n) is 4.56. The summed E-state index contributed by atoms with van der Waals surface area (Å²) in [6.07, 6.45) is 0.957. The molecule has 140 valence electrons. The number of rotatable bonds is 6. The first kappa shape index (κ1) is 18.9. The topological polar surface area (TPSA) is 56.7 Å². The Morgan fingerprint density at radius 2 is 2.23 bits per heavy atom. The highest BCUT2D eigenvalue weighted by atomic mass is 32.1. The zero-order chi connectivity index (χ0) is 18.4. The number of carbonyl (C=O) groups is 1. The van der Waals surface area contributed by atoms with Crippen LogP contribution in [-0.4, -0.2) is 42.9 Å². The van der Waals surface area contributed by atoms with Crippen molar-refractivity contribution >= 4 is 34.5 Å². The summed E-state index contributed by atoms with van der Waals surface area (Å²) in [5, 5.41) is 13.0. The maximum atomic E-state index is 12.5. The molecule has 1 aliphatic heterocycles. The minimum atomic E-state index is 0.0879. The highest BCUT2D eigenvalue weighted by Crippen LogP contribution is 2.24. The fraction of sp³-hybridized carbons (Fsp3) is 0.474.